The molecule has 0 aliphatic heterocycles. The molecule has 0 bridgehead atoms. The van der Waals surface area contributed by atoms with Crippen molar-refractivity contribution in [2.24, 2.45) is 0 Å². The molecule has 1 atom stereocenters. The highest BCUT2D eigenvalue weighted by Crippen LogP contribution is 2.26. The van der Waals surface area contributed by atoms with E-state index in [9.17, 15) is 4.39 Å². The Bertz CT molecular complexity index is 545. The summed E-state index contributed by atoms with van der Waals surface area (Å²) in [5.41, 5.74) is 1.93. The van der Waals surface area contributed by atoms with Crippen molar-refractivity contribution in [3.8, 4) is 0 Å². The number of nitrogens with one attached hydrogen (secondary N) is 1. The first-order valence-corrected chi connectivity index (χ1v) is 7.58. The van der Waals surface area contributed by atoms with E-state index in [4.69, 9.17) is 0 Å². The van der Waals surface area contributed by atoms with E-state index in [0.29, 0.717) is 0 Å². The summed E-state index contributed by atoms with van der Waals surface area (Å²) >= 11 is 3.51. The summed E-state index contributed by atoms with van der Waals surface area (Å²) in [5.74, 6) is -0.215. The van der Waals surface area contributed by atoms with Gasteiger partial charge >= 0.3 is 0 Å². The Kier molecular flexibility index (Phi) is 5.68. The minimum atomic E-state index is -0.215. The van der Waals surface area contributed by atoms with Gasteiger partial charge in [0, 0.05) is 28.8 Å². The lowest BCUT2D eigenvalue weighted by atomic mass is 10.0. The molecule has 2 rings (SSSR count). The quantitative estimate of drug-likeness (QED) is 0.852. The topological polar surface area (TPSA) is 24.9 Å². The molecule has 1 N–H and O–H groups in total. The Morgan fingerprint density at radius 1 is 1.30 bits per heavy atom. The summed E-state index contributed by atoms with van der Waals surface area (Å²) < 4.78 is 14.4. The first kappa shape index (κ1) is 15.1. The van der Waals surface area contributed by atoms with Gasteiger partial charge in [-0.05, 0) is 48.9 Å². The van der Waals surface area contributed by atoms with Gasteiger partial charge in [0.15, 0.2) is 0 Å². The van der Waals surface area contributed by atoms with E-state index in [2.05, 4.69) is 33.2 Å². The van der Waals surface area contributed by atoms with E-state index in [1.165, 1.54) is 6.07 Å². The smallest absolute Gasteiger partial charge is 0.123 e. The van der Waals surface area contributed by atoms with Crippen molar-refractivity contribution in [2.75, 3.05) is 6.54 Å². The normalized spacial score (nSPS) is 12.3. The van der Waals surface area contributed by atoms with Crippen LogP contribution in [0.3, 0.4) is 0 Å². The number of aromatic nitrogens is 1. The number of halogens is 2. The van der Waals surface area contributed by atoms with Gasteiger partial charge in [0.2, 0.25) is 0 Å². The highest BCUT2D eigenvalue weighted by molar-refractivity contribution is 9.10. The molecular formula is C16H18BrFN2. The largest absolute Gasteiger partial charge is 0.310 e. The molecule has 0 radical (unpaired) electrons. The van der Waals surface area contributed by atoms with Crippen molar-refractivity contribution in [1.82, 2.24) is 10.3 Å². The predicted molar refractivity (Wildman–Crippen MR) is 83.1 cm³/mol. The van der Waals surface area contributed by atoms with E-state index in [0.717, 1.165) is 35.1 Å². The van der Waals surface area contributed by atoms with Crippen LogP contribution in [0.15, 0.2) is 47.1 Å². The SMILES string of the molecule is CCCNC(Cc1ccccn1)c1cc(F)ccc1Br. The number of benzene rings is 1. The minimum Gasteiger partial charge on any atom is -0.310 e. The van der Waals surface area contributed by atoms with Gasteiger partial charge in [-0.2, -0.15) is 0 Å². The number of hydrogen-bond acceptors (Lipinski definition) is 2. The molecule has 0 saturated carbocycles. The third-order valence-electron chi connectivity index (χ3n) is 3.11. The van der Waals surface area contributed by atoms with Crippen molar-refractivity contribution >= 4 is 15.9 Å². The van der Waals surface area contributed by atoms with Crippen LogP contribution < -0.4 is 5.32 Å². The maximum atomic E-state index is 13.5. The molecule has 2 aromatic rings. The molecule has 1 aromatic carbocycles. The van der Waals surface area contributed by atoms with Crippen LogP contribution in [0, 0.1) is 5.82 Å². The third-order valence-corrected chi connectivity index (χ3v) is 3.84. The Balaban J connectivity index is 2.24. The van der Waals surface area contributed by atoms with Gasteiger partial charge in [-0.15, -0.1) is 0 Å². The van der Waals surface area contributed by atoms with Gasteiger partial charge in [-0.3, -0.25) is 4.98 Å². The molecule has 0 aliphatic rings. The Hall–Kier alpha value is -1.26. The number of pyridine rings is 1. The van der Waals surface area contributed by atoms with Gasteiger partial charge in [0.05, 0.1) is 0 Å². The predicted octanol–water partition coefficient (Wildman–Crippen LogP) is 4.27. The van der Waals surface area contributed by atoms with Crippen LogP contribution in [0.4, 0.5) is 4.39 Å². The molecule has 1 heterocycles. The molecule has 0 fully saturated rings. The van der Waals surface area contributed by atoms with E-state index in [1.807, 2.05) is 18.2 Å². The van der Waals surface area contributed by atoms with Gasteiger partial charge < -0.3 is 5.32 Å². The summed E-state index contributed by atoms with van der Waals surface area (Å²) in [5, 5.41) is 3.47. The summed E-state index contributed by atoms with van der Waals surface area (Å²) in [6.07, 6.45) is 3.56. The first-order chi connectivity index (χ1) is 9.70. The van der Waals surface area contributed by atoms with Gasteiger partial charge in [0.25, 0.3) is 0 Å². The molecular weight excluding hydrogens is 319 g/mol. The highest BCUT2D eigenvalue weighted by Gasteiger charge is 2.16. The molecule has 0 spiro atoms. The molecule has 0 aliphatic carbocycles. The number of nitrogens with zero attached hydrogens (tertiary/aromatic N) is 1. The second-order valence-electron chi connectivity index (χ2n) is 4.70. The van der Waals surface area contributed by atoms with Crippen LogP contribution in [-0.2, 0) is 6.42 Å². The maximum absolute atomic E-state index is 13.5. The van der Waals surface area contributed by atoms with Gasteiger partial charge in [-0.25, -0.2) is 4.39 Å². The van der Waals surface area contributed by atoms with Crippen molar-refractivity contribution < 1.29 is 4.39 Å². The van der Waals surface area contributed by atoms with Crippen LogP contribution in [0.1, 0.15) is 30.6 Å². The monoisotopic (exact) mass is 336 g/mol. The number of rotatable bonds is 6. The molecule has 4 heteroatoms. The minimum absolute atomic E-state index is 0.0509. The average Bonchev–Trinajstić information content (AvgIpc) is 2.47. The summed E-state index contributed by atoms with van der Waals surface area (Å²) in [4.78, 5) is 4.36. The molecule has 106 valence electrons. The zero-order chi connectivity index (χ0) is 14.4. The second-order valence-corrected chi connectivity index (χ2v) is 5.55. The fourth-order valence-electron chi connectivity index (χ4n) is 2.12. The summed E-state index contributed by atoms with van der Waals surface area (Å²) in [7, 11) is 0. The van der Waals surface area contributed by atoms with Crippen LogP contribution in [-0.4, -0.2) is 11.5 Å². The van der Waals surface area contributed by atoms with Crippen molar-refractivity contribution in [1.29, 1.82) is 0 Å². The van der Waals surface area contributed by atoms with Crippen molar-refractivity contribution in [3.63, 3.8) is 0 Å². The third kappa shape index (κ3) is 4.12. The lowest BCUT2D eigenvalue weighted by Crippen LogP contribution is -2.25. The van der Waals surface area contributed by atoms with Crippen LogP contribution in [0.5, 0.6) is 0 Å². The molecule has 20 heavy (non-hydrogen) atoms. The summed E-state index contributed by atoms with van der Waals surface area (Å²) in [6, 6.07) is 10.7. The lowest BCUT2D eigenvalue weighted by Gasteiger charge is -2.20. The van der Waals surface area contributed by atoms with E-state index >= 15 is 0 Å². The van der Waals surface area contributed by atoms with Crippen LogP contribution >= 0.6 is 15.9 Å². The Labute approximate surface area is 127 Å². The van der Waals surface area contributed by atoms with Crippen LogP contribution in [0.25, 0.3) is 0 Å². The van der Waals surface area contributed by atoms with E-state index in [1.54, 1.807) is 18.3 Å². The Morgan fingerprint density at radius 3 is 2.85 bits per heavy atom. The molecule has 1 aromatic heterocycles. The molecule has 1 unspecified atom stereocenters. The first-order valence-electron chi connectivity index (χ1n) is 6.79. The van der Waals surface area contributed by atoms with Crippen LogP contribution in [0.2, 0.25) is 0 Å². The lowest BCUT2D eigenvalue weighted by molar-refractivity contribution is 0.518. The molecule has 0 saturated heterocycles. The standard InChI is InChI=1S/C16H18BrFN2/c1-2-8-20-16(11-13-5-3-4-9-19-13)14-10-12(18)6-7-15(14)17/h3-7,9-10,16,20H,2,8,11H2,1H3. The molecule has 0 amide bonds. The average molecular weight is 337 g/mol. The van der Waals surface area contributed by atoms with Crippen molar-refractivity contribution in [2.45, 2.75) is 25.8 Å². The molecule has 2 nitrogen and oxygen atoms in total. The van der Waals surface area contributed by atoms with E-state index < -0.39 is 0 Å². The van der Waals surface area contributed by atoms with E-state index in [-0.39, 0.29) is 11.9 Å². The Morgan fingerprint density at radius 2 is 2.15 bits per heavy atom. The number of hydrogen-bond donors (Lipinski definition) is 1. The fourth-order valence-corrected chi connectivity index (χ4v) is 2.64. The van der Waals surface area contributed by atoms with Gasteiger partial charge in [-0.1, -0.05) is 28.9 Å². The zero-order valence-electron chi connectivity index (χ0n) is 11.4. The zero-order valence-corrected chi connectivity index (χ0v) is 13.0. The fraction of sp³-hybridized carbons (Fsp3) is 0.312. The second kappa shape index (κ2) is 7.50. The maximum Gasteiger partial charge on any atom is 0.123 e. The van der Waals surface area contributed by atoms with Gasteiger partial charge in [0.1, 0.15) is 5.82 Å². The highest BCUT2D eigenvalue weighted by atomic mass is 79.9. The van der Waals surface area contributed by atoms with Crippen molar-refractivity contribution in [3.05, 3.63) is 64.1 Å². The summed E-state index contributed by atoms with van der Waals surface area (Å²) in [6.45, 7) is 3.01.